The number of nitrogens with zero attached hydrogens (tertiary/aromatic N) is 3. The zero-order valence-corrected chi connectivity index (χ0v) is 11.9. The van der Waals surface area contributed by atoms with Crippen LogP contribution in [0.25, 0.3) is 0 Å². The van der Waals surface area contributed by atoms with Gasteiger partial charge < -0.3 is 10.2 Å². The molecule has 0 saturated carbocycles. The van der Waals surface area contributed by atoms with Crippen molar-refractivity contribution in [1.29, 1.82) is 0 Å². The Kier molecular flexibility index (Phi) is 3.36. The molecular weight excluding hydrogens is 276 g/mol. The second kappa shape index (κ2) is 5.17. The summed E-state index contributed by atoms with van der Waals surface area (Å²) in [7, 11) is 0. The van der Waals surface area contributed by atoms with Crippen molar-refractivity contribution in [2.24, 2.45) is 0 Å². The van der Waals surface area contributed by atoms with Crippen molar-refractivity contribution in [2.45, 2.75) is 20.0 Å². The second-order valence-corrected chi connectivity index (χ2v) is 5.30. The third kappa shape index (κ3) is 2.49. The summed E-state index contributed by atoms with van der Waals surface area (Å²) in [6.45, 7) is 3.97. The predicted octanol–water partition coefficient (Wildman–Crippen LogP) is 2.89. The van der Waals surface area contributed by atoms with Gasteiger partial charge >= 0.3 is 6.03 Å². The first-order chi connectivity index (χ1) is 9.63. The lowest BCUT2D eigenvalue weighted by Gasteiger charge is -2.28. The van der Waals surface area contributed by atoms with Crippen molar-refractivity contribution in [3.8, 4) is 0 Å². The number of amides is 2. The van der Waals surface area contributed by atoms with E-state index in [4.69, 9.17) is 11.6 Å². The van der Waals surface area contributed by atoms with Crippen LogP contribution in [0, 0.1) is 6.92 Å². The molecule has 2 heterocycles. The summed E-state index contributed by atoms with van der Waals surface area (Å²) in [5.74, 6) is 0. The van der Waals surface area contributed by atoms with E-state index in [-0.39, 0.29) is 6.03 Å². The molecule has 1 N–H and O–H groups in total. The topological polar surface area (TPSA) is 50.2 Å². The average molecular weight is 291 g/mol. The minimum absolute atomic E-state index is 0.112. The molecule has 3 rings (SSSR count). The fraction of sp³-hybridized carbons (Fsp3) is 0.286. The highest BCUT2D eigenvalue weighted by molar-refractivity contribution is 6.30. The van der Waals surface area contributed by atoms with Gasteiger partial charge in [0.2, 0.25) is 0 Å². The molecule has 1 aliphatic rings. The minimum atomic E-state index is -0.112. The van der Waals surface area contributed by atoms with Gasteiger partial charge in [-0.2, -0.15) is 5.10 Å². The Balaban J connectivity index is 1.71. The van der Waals surface area contributed by atoms with Crippen molar-refractivity contribution in [3.05, 3.63) is 46.7 Å². The monoisotopic (exact) mass is 290 g/mol. The van der Waals surface area contributed by atoms with Crippen LogP contribution in [-0.2, 0) is 13.1 Å². The maximum Gasteiger partial charge on any atom is 0.322 e. The van der Waals surface area contributed by atoms with E-state index in [2.05, 4.69) is 10.4 Å². The molecule has 0 spiro atoms. The van der Waals surface area contributed by atoms with Crippen LogP contribution in [0.2, 0.25) is 5.02 Å². The number of aromatic nitrogens is 2. The molecule has 0 saturated heterocycles. The summed E-state index contributed by atoms with van der Waals surface area (Å²) >= 11 is 5.91. The molecule has 2 amide bonds. The Morgan fingerprint density at radius 1 is 1.40 bits per heavy atom. The van der Waals surface area contributed by atoms with Crippen molar-refractivity contribution in [2.75, 3.05) is 11.9 Å². The van der Waals surface area contributed by atoms with Crippen LogP contribution < -0.4 is 5.32 Å². The SMILES string of the molecule is Cc1cnn2c1CN(C(=O)Nc1cccc(Cl)c1)CC2. The van der Waals surface area contributed by atoms with E-state index in [1.54, 1.807) is 17.0 Å². The largest absolute Gasteiger partial charge is 0.322 e. The molecule has 5 nitrogen and oxygen atoms in total. The molecule has 0 radical (unpaired) electrons. The summed E-state index contributed by atoms with van der Waals surface area (Å²) in [5.41, 5.74) is 2.92. The standard InChI is InChI=1S/C14H15ClN4O/c1-10-8-16-19-6-5-18(9-13(10)19)14(20)17-12-4-2-3-11(15)7-12/h2-4,7-8H,5-6,9H2,1H3,(H,17,20). The van der Waals surface area contributed by atoms with Gasteiger partial charge in [-0.1, -0.05) is 17.7 Å². The highest BCUT2D eigenvalue weighted by Gasteiger charge is 2.22. The summed E-state index contributed by atoms with van der Waals surface area (Å²) in [6, 6.07) is 7.04. The van der Waals surface area contributed by atoms with E-state index in [1.807, 2.05) is 29.9 Å². The number of rotatable bonds is 1. The smallest absolute Gasteiger partial charge is 0.317 e. The molecular formula is C14H15ClN4O. The summed E-state index contributed by atoms with van der Waals surface area (Å²) in [4.78, 5) is 14.0. The van der Waals surface area contributed by atoms with Crippen LogP contribution in [0.1, 0.15) is 11.3 Å². The van der Waals surface area contributed by atoms with E-state index in [1.165, 1.54) is 0 Å². The number of carbonyl (C=O) groups is 1. The van der Waals surface area contributed by atoms with Crippen molar-refractivity contribution < 1.29 is 4.79 Å². The number of anilines is 1. The average Bonchev–Trinajstić information content (AvgIpc) is 2.80. The highest BCUT2D eigenvalue weighted by atomic mass is 35.5. The zero-order valence-electron chi connectivity index (χ0n) is 11.1. The molecule has 1 aliphatic heterocycles. The fourth-order valence-corrected chi connectivity index (χ4v) is 2.51. The first-order valence-electron chi connectivity index (χ1n) is 6.46. The number of carbonyl (C=O) groups excluding carboxylic acids is 1. The number of hydrogen-bond donors (Lipinski definition) is 1. The highest BCUT2D eigenvalue weighted by Crippen LogP contribution is 2.18. The van der Waals surface area contributed by atoms with E-state index >= 15 is 0 Å². The lowest BCUT2D eigenvalue weighted by Crippen LogP contribution is -2.41. The van der Waals surface area contributed by atoms with Gasteiger partial charge in [-0.25, -0.2) is 4.79 Å². The van der Waals surface area contributed by atoms with Crippen molar-refractivity contribution >= 4 is 23.3 Å². The minimum Gasteiger partial charge on any atom is -0.317 e. The van der Waals surface area contributed by atoms with Crippen molar-refractivity contribution in [3.63, 3.8) is 0 Å². The van der Waals surface area contributed by atoms with Gasteiger partial charge in [0, 0.05) is 17.3 Å². The first kappa shape index (κ1) is 13.0. The molecule has 0 unspecified atom stereocenters. The van der Waals surface area contributed by atoms with Crippen LogP contribution in [0.5, 0.6) is 0 Å². The van der Waals surface area contributed by atoms with E-state index in [0.717, 1.165) is 17.8 Å². The molecule has 104 valence electrons. The number of aryl methyl sites for hydroxylation is 1. The maximum absolute atomic E-state index is 12.3. The van der Waals surface area contributed by atoms with Gasteiger partial charge in [0.15, 0.2) is 0 Å². The van der Waals surface area contributed by atoms with Crippen LogP contribution >= 0.6 is 11.6 Å². The quantitative estimate of drug-likeness (QED) is 0.878. The molecule has 0 bridgehead atoms. The number of halogens is 1. The number of benzene rings is 1. The van der Waals surface area contributed by atoms with Gasteiger partial charge in [-0.05, 0) is 30.7 Å². The molecule has 2 aromatic rings. The molecule has 20 heavy (non-hydrogen) atoms. The maximum atomic E-state index is 12.3. The van der Waals surface area contributed by atoms with Crippen LogP contribution in [-0.4, -0.2) is 27.3 Å². The van der Waals surface area contributed by atoms with Gasteiger partial charge in [0.05, 0.1) is 25.0 Å². The lowest BCUT2D eigenvalue weighted by molar-refractivity contribution is 0.194. The summed E-state index contributed by atoms with van der Waals surface area (Å²) in [5, 5.41) is 7.76. The van der Waals surface area contributed by atoms with E-state index in [0.29, 0.717) is 23.8 Å². The first-order valence-corrected chi connectivity index (χ1v) is 6.84. The third-order valence-corrected chi connectivity index (χ3v) is 3.68. The normalized spacial score (nSPS) is 14.0. The molecule has 1 aromatic heterocycles. The zero-order chi connectivity index (χ0) is 14.1. The molecule has 0 atom stereocenters. The Morgan fingerprint density at radius 3 is 3.05 bits per heavy atom. The van der Waals surface area contributed by atoms with Crippen LogP contribution in [0.3, 0.4) is 0 Å². The number of hydrogen-bond acceptors (Lipinski definition) is 2. The predicted molar refractivity (Wildman–Crippen MR) is 77.8 cm³/mol. The Hall–Kier alpha value is -2.01. The van der Waals surface area contributed by atoms with Gasteiger partial charge in [0.1, 0.15) is 0 Å². The molecule has 0 aliphatic carbocycles. The number of urea groups is 1. The summed E-state index contributed by atoms with van der Waals surface area (Å²) in [6.07, 6.45) is 1.84. The molecule has 1 aromatic carbocycles. The second-order valence-electron chi connectivity index (χ2n) is 4.86. The molecule has 0 fully saturated rings. The van der Waals surface area contributed by atoms with Crippen LogP contribution in [0.4, 0.5) is 10.5 Å². The van der Waals surface area contributed by atoms with Gasteiger partial charge in [-0.15, -0.1) is 0 Å². The van der Waals surface area contributed by atoms with Gasteiger partial charge in [0.25, 0.3) is 0 Å². The number of fused-ring (bicyclic) bond motifs is 1. The Labute approximate surface area is 122 Å². The van der Waals surface area contributed by atoms with E-state index < -0.39 is 0 Å². The molecule has 6 heteroatoms. The third-order valence-electron chi connectivity index (χ3n) is 3.44. The van der Waals surface area contributed by atoms with E-state index in [9.17, 15) is 4.79 Å². The van der Waals surface area contributed by atoms with Crippen molar-refractivity contribution in [1.82, 2.24) is 14.7 Å². The Bertz CT molecular complexity index is 652. The Morgan fingerprint density at radius 2 is 2.25 bits per heavy atom. The lowest BCUT2D eigenvalue weighted by atomic mass is 10.2. The summed E-state index contributed by atoms with van der Waals surface area (Å²) < 4.78 is 1.96. The van der Waals surface area contributed by atoms with Gasteiger partial charge in [-0.3, -0.25) is 4.68 Å². The fourth-order valence-electron chi connectivity index (χ4n) is 2.32. The van der Waals surface area contributed by atoms with Crippen LogP contribution in [0.15, 0.2) is 30.5 Å². The number of nitrogens with one attached hydrogen (secondary N) is 1.